The van der Waals surface area contributed by atoms with Crippen LogP contribution in [0, 0.1) is 0 Å². The minimum Gasteiger partial charge on any atom is -0.507 e. The number of aliphatic hydroxyl groups excluding tert-OH is 1. The summed E-state index contributed by atoms with van der Waals surface area (Å²) in [6, 6.07) is 13.8. The molecule has 1 aliphatic heterocycles. The quantitative estimate of drug-likeness (QED) is 0.299. The Kier molecular flexibility index (Phi) is 5.60. The number of Topliss-reactive ketones (excluding diaryl/α,β-unsaturated/α-hetero) is 1. The van der Waals surface area contributed by atoms with Gasteiger partial charge in [-0.05, 0) is 48.0 Å². The summed E-state index contributed by atoms with van der Waals surface area (Å²) in [5, 5.41) is 12.0. The molecule has 1 aromatic heterocycles. The van der Waals surface area contributed by atoms with E-state index in [0.717, 1.165) is 0 Å². The molecule has 1 N–H and O–H groups in total. The maximum absolute atomic E-state index is 12.9. The van der Waals surface area contributed by atoms with E-state index < -0.39 is 17.7 Å². The highest BCUT2D eigenvalue weighted by molar-refractivity contribution is 6.46. The van der Waals surface area contributed by atoms with Gasteiger partial charge in [0.25, 0.3) is 11.7 Å². The van der Waals surface area contributed by atoms with Crippen molar-refractivity contribution in [1.29, 1.82) is 0 Å². The highest BCUT2D eigenvalue weighted by Gasteiger charge is 2.46. The van der Waals surface area contributed by atoms with Crippen molar-refractivity contribution >= 4 is 52.3 Å². The van der Waals surface area contributed by atoms with Crippen molar-refractivity contribution in [3.8, 4) is 0 Å². The monoisotopic (exact) mass is 461 g/mol. The van der Waals surface area contributed by atoms with E-state index in [9.17, 15) is 14.7 Å². The first-order valence-corrected chi connectivity index (χ1v) is 10.0. The first-order chi connectivity index (χ1) is 14.4. The Morgan fingerprint density at radius 1 is 1.00 bits per heavy atom. The number of furan rings is 1. The molecule has 3 aromatic rings. The first kappa shape index (κ1) is 20.5. The molecule has 0 spiro atoms. The van der Waals surface area contributed by atoms with Gasteiger partial charge in [0.1, 0.15) is 11.5 Å². The number of amides is 1. The van der Waals surface area contributed by atoms with Crippen LogP contribution in [0.25, 0.3) is 5.76 Å². The molecule has 1 amide bonds. The van der Waals surface area contributed by atoms with Gasteiger partial charge in [0.05, 0.1) is 34.5 Å². The molecule has 4 rings (SSSR count). The zero-order valence-corrected chi connectivity index (χ0v) is 17.6. The van der Waals surface area contributed by atoms with Gasteiger partial charge >= 0.3 is 0 Å². The third-order valence-electron chi connectivity index (χ3n) is 4.83. The molecule has 1 aliphatic rings. The SMILES string of the molecule is O=C1C(=O)N(Cc2ccco2)C(c2ccc(Cl)cc2)/C1=C(/O)c1ccc(Cl)c(Cl)c1. The molecule has 1 atom stereocenters. The van der Waals surface area contributed by atoms with Crippen LogP contribution in [0.15, 0.2) is 70.9 Å². The zero-order chi connectivity index (χ0) is 21.4. The Morgan fingerprint density at radius 3 is 2.37 bits per heavy atom. The summed E-state index contributed by atoms with van der Waals surface area (Å²) >= 11 is 18.0. The van der Waals surface area contributed by atoms with Crippen LogP contribution in [0.1, 0.15) is 22.9 Å². The van der Waals surface area contributed by atoms with Crippen LogP contribution >= 0.6 is 34.8 Å². The van der Waals surface area contributed by atoms with Gasteiger partial charge in [-0.3, -0.25) is 9.59 Å². The predicted octanol–water partition coefficient (Wildman–Crippen LogP) is 5.86. The number of likely N-dealkylation sites (tertiary alicyclic amines) is 1. The molecular formula is C22H14Cl3NO4. The number of benzene rings is 2. The van der Waals surface area contributed by atoms with E-state index in [-0.39, 0.29) is 28.5 Å². The van der Waals surface area contributed by atoms with Gasteiger partial charge in [-0.2, -0.15) is 0 Å². The Hall–Kier alpha value is -2.73. The number of hydrogen-bond donors (Lipinski definition) is 1. The largest absolute Gasteiger partial charge is 0.507 e. The third-order valence-corrected chi connectivity index (χ3v) is 5.82. The Labute approximate surface area is 187 Å². The van der Waals surface area contributed by atoms with Gasteiger partial charge in [-0.25, -0.2) is 0 Å². The Balaban J connectivity index is 1.87. The average molecular weight is 463 g/mol. The number of nitrogens with zero attached hydrogens (tertiary/aromatic N) is 1. The van der Waals surface area contributed by atoms with Crippen LogP contribution in [0.3, 0.4) is 0 Å². The number of halogens is 3. The molecule has 2 heterocycles. The van der Waals surface area contributed by atoms with Gasteiger partial charge in [0, 0.05) is 10.6 Å². The second kappa shape index (κ2) is 8.19. The number of hydrogen-bond acceptors (Lipinski definition) is 4. The van der Waals surface area contributed by atoms with Crippen LogP contribution in [-0.2, 0) is 16.1 Å². The molecule has 152 valence electrons. The topological polar surface area (TPSA) is 70.8 Å². The van der Waals surface area contributed by atoms with E-state index in [0.29, 0.717) is 21.4 Å². The number of carbonyl (C=O) groups is 2. The fourth-order valence-electron chi connectivity index (χ4n) is 3.40. The standard InChI is InChI=1S/C22H14Cl3NO4/c23-14-6-3-12(4-7-14)19-18(20(27)13-5-8-16(24)17(25)10-13)21(28)22(29)26(19)11-15-2-1-9-30-15/h1-10,19,27H,11H2/b20-18-. The van der Waals surface area contributed by atoms with Gasteiger partial charge < -0.3 is 14.4 Å². The molecule has 8 heteroatoms. The van der Waals surface area contributed by atoms with Gasteiger partial charge in [-0.15, -0.1) is 0 Å². The molecule has 0 saturated carbocycles. The van der Waals surface area contributed by atoms with Crippen molar-refractivity contribution in [3.05, 3.63) is 98.4 Å². The van der Waals surface area contributed by atoms with E-state index in [2.05, 4.69) is 0 Å². The fraction of sp³-hybridized carbons (Fsp3) is 0.0909. The van der Waals surface area contributed by atoms with Crippen molar-refractivity contribution in [2.24, 2.45) is 0 Å². The normalized spacial score (nSPS) is 18.2. The Morgan fingerprint density at radius 2 is 1.73 bits per heavy atom. The number of ketones is 1. The zero-order valence-electron chi connectivity index (χ0n) is 15.3. The summed E-state index contributed by atoms with van der Waals surface area (Å²) in [5.41, 5.74) is 0.846. The molecular weight excluding hydrogens is 449 g/mol. The number of rotatable bonds is 4. The van der Waals surface area contributed by atoms with E-state index in [1.165, 1.54) is 29.4 Å². The lowest BCUT2D eigenvalue weighted by molar-refractivity contribution is -0.140. The van der Waals surface area contributed by atoms with Crippen LogP contribution in [-0.4, -0.2) is 21.7 Å². The van der Waals surface area contributed by atoms with Crippen molar-refractivity contribution in [2.75, 3.05) is 0 Å². The first-order valence-electron chi connectivity index (χ1n) is 8.88. The summed E-state index contributed by atoms with van der Waals surface area (Å²) in [7, 11) is 0. The maximum atomic E-state index is 12.9. The van der Waals surface area contributed by atoms with Gasteiger partial charge in [0.15, 0.2) is 0 Å². The molecule has 5 nitrogen and oxygen atoms in total. The summed E-state index contributed by atoms with van der Waals surface area (Å²) in [6.07, 6.45) is 1.49. The number of aliphatic hydroxyl groups is 1. The highest BCUT2D eigenvalue weighted by atomic mass is 35.5. The van der Waals surface area contributed by atoms with Crippen LogP contribution in [0.4, 0.5) is 0 Å². The molecule has 1 unspecified atom stereocenters. The fourth-order valence-corrected chi connectivity index (χ4v) is 3.83. The second-order valence-electron chi connectivity index (χ2n) is 6.69. The molecule has 30 heavy (non-hydrogen) atoms. The highest BCUT2D eigenvalue weighted by Crippen LogP contribution is 2.41. The van der Waals surface area contributed by atoms with E-state index >= 15 is 0 Å². The summed E-state index contributed by atoms with van der Waals surface area (Å²) < 4.78 is 5.35. The Bertz CT molecular complexity index is 1150. The molecule has 0 bridgehead atoms. The molecule has 0 aliphatic carbocycles. The van der Waals surface area contributed by atoms with Crippen LogP contribution < -0.4 is 0 Å². The van der Waals surface area contributed by atoms with Crippen molar-refractivity contribution in [1.82, 2.24) is 4.90 Å². The lowest BCUT2D eigenvalue weighted by atomic mass is 9.95. The minimum absolute atomic E-state index is 0.0488. The third kappa shape index (κ3) is 3.72. The van der Waals surface area contributed by atoms with Gasteiger partial charge in [0.2, 0.25) is 0 Å². The second-order valence-corrected chi connectivity index (χ2v) is 7.94. The van der Waals surface area contributed by atoms with E-state index in [1.807, 2.05) is 0 Å². The minimum atomic E-state index is -0.832. The lowest BCUT2D eigenvalue weighted by Crippen LogP contribution is -2.29. The van der Waals surface area contributed by atoms with Crippen molar-refractivity contribution in [2.45, 2.75) is 12.6 Å². The van der Waals surface area contributed by atoms with E-state index in [1.54, 1.807) is 36.4 Å². The molecule has 2 aromatic carbocycles. The average Bonchev–Trinajstić information content (AvgIpc) is 3.33. The molecule has 0 radical (unpaired) electrons. The summed E-state index contributed by atoms with van der Waals surface area (Å²) in [4.78, 5) is 27.2. The van der Waals surface area contributed by atoms with Crippen LogP contribution in [0.5, 0.6) is 0 Å². The number of carbonyl (C=O) groups excluding carboxylic acids is 2. The van der Waals surface area contributed by atoms with Crippen molar-refractivity contribution in [3.63, 3.8) is 0 Å². The summed E-state index contributed by atoms with van der Waals surface area (Å²) in [6.45, 7) is 0.0586. The summed E-state index contributed by atoms with van der Waals surface area (Å²) in [5.74, 6) is -1.38. The molecule has 1 fully saturated rings. The lowest BCUT2D eigenvalue weighted by Gasteiger charge is -2.24. The van der Waals surface area contributed by atoms with Crippen molar-refractivity contribution < 1.29 is 19.1 Å². The van der Waals surface area contributed by atoms with E-state index in [4.69, 9.17) is 39.2 Å². The maximum Gasteiger partial charge on any atom is 0.296 e. The van der Waals surface area contributed by atoms with Gasteiger partial charge in [-0.1, -0.05) is 46.9 Å². The predicted molar refractivity (Wildman–Crippen MR) is 114 cm³/mol. The van der Waals surface area contributed by atoms with Crippen LogP contribution in [0.2, 0.25) is 15.1 Å². The molecule has 1 saturated heterocycles. The smallest absolute Gasteiger partial charge is 0.296 e.